The van der Waals surface area contributed by atoms with Gasteiger partial charge in [0.2, 0.25) is 5.91 Å². The van der Waals surface area contributed by atoms with E-state index in [2.05, 4.69) is 5.32 Å². The van der Waals surface area contributed by atoms with Crippen molar-refractivity contribution in [2.75, 3.05) is 39.3 Å². The maximum atomic E-state index is 13.0. The molecule has 2 fully saturated rings. The van der Waals surface area contributed by atoms with Gasteiger partial charge in [-0.2, -0.15) is 0 Å². The van der Waals surface area contributed by atoms with Crippen LogP contribution >= 0.6 is 0 Å². The Balaban J connectivity index is 1.50. The van der Waals surface area contributed by atoms with Gasteiger partial charge in [0.05, 0.1) is 0 Å². The number of carbonyl (C=O) groups excluding carboxylic acids is 2. The molecule has 2 amide bonds. The van der Waals surface area contributed by atoms with Crippen LogP contribution in [-0.4, -0.2) is 60.9 Å². The smallest absolute Gasteiger partial charge is 0.253 e. The van der Waals surface area contributed by atoms with Crippen molar-refractivity contribution in [1.29, 1.82) is 0 Å². The number of nitrogens with zero attached hydrogens (tertiary/aromatic N) is 2. The summed E-state index contributed by atoms with van der Waals surface area (Å²) in [4.78, 5) is 28.6. The summed E-state index contributed by atoms with van der Waals surface area (Å²) < 4.78 is 13.0. The van der Waals surface area contributed by atoms with Crippen molar-refractivity contribution < 1.29 is 14.0 Å². The Labute approximate surface area is 148 Å². The van der Waals surface area contributed by atoms with Crippen molar-refractivity contribution in [2.45, 2.75) is 25.7 Å². The molecule has 0 aromatic heterocycles. The van der Waals surface area contributed by atoms with E-state index in [4.69, 9.17) is 0 Å². The van der Waals surface area contributed by atoms with E-state index in [0.29, 0.717) is 44.1 Å². The van der Waals surface area contributed by atoms with Gasteiger partial charge >= 0.3 is 0 Å². The van der Waals surface area contributed by atoms with Crippen LogP contribution in [0.25, 0.3) is 0 Å². The van der Waals surface area contributed by atoms with E-state index in [0.717, 1.165) is 32.4 Å². The second-order valence-corrected chi connectivity index (χ2v) is 6.93. The average molecular weight is 347 g/mol. The van der Waals surface area contributed by atoms with Crippen LogP contribution in [0.2, 0.25) is 0 Å². The first kappa shape index (κ1) is 17.9. The fraction of sp³-hybridized carbons (Fsp3) is 0.579. The standard InChI is InChI=1S/C19H26FN3O2/c20-17-5-3-16(4-6-17)19(25)23-11-1-10-22(12-13-23)18(24)7-2-15-8-9-21-14-15/h3-6,15,21H,1-2,7-14H2. The third kappa shape index (κ3) is 4.78. The number of hydrogen-bond acceptors (Lipinski definition) is 3. The highest BCUT2D eigenvalue weighted by Crippen LogP contribution is 2.16. The average Bonchev–Trinajstić information content (AvgIpc) is 3.02. The van der Waals surface area contributed by atoms with Gasteiger partial charge in [-0.05, 0) is 62.5 Å². The van der Waals surface area contributed by atoms with Gasteiger partial charge in [0.1, 0.15) is 5.82 Å². The molecule has 25 heavy (non-hydrogen) atoms. The number of halogens is 1. The first-order valence-electron chi connectivity index (χ1n) is 9.17. The Morgan fingerprint density at radius 3 is 2.52 bits per heavy atom. The van der Waals surface area contributed by atoms with E-state index in [1.54, 1.807) is 4.90 Å². The highest BCUT2D eigenvalue weighted by molar-refractivity contribution is 5.94. The van der Waals surface area contributed by atoms with Crippen molar-refractivity contribution in [3.63, 3.8) is 0 Å². The zero-order chi connectivity index (χ0) is 17.6. The minimum atomic E-state index is -0.346. The molecule has 1 unspecified atom stereocenters. The lowest BCUT2D eigenvalue weighted by atomic mass is 10.0. The van der Waals surface area contributed by atoms with Gasteiger partial charge in [-0.15, -0.1) is 0 Å². The maximum Gasteiger partial charge on any atom is 0.253 e. The van der Waals surface area contributed by atoms with Gasteiger partial charge in [-0.1, -0.05) is 0 Å². The SMILES string of the molecule is O=C(CCC1CCNC1)N1CCCN(C(=O)c2ccc(F)cc2)CC1. The fourth-order valence-corrected chi connectivity index (χ4v) is 3.59. The molecule has 136 valence electrons. The van der Waals surface area contributed by atoms with Crippen LogP contribution in [0.15, 0.2) is 24.3 Å². The highest BCUT2D eigenvalue weighted by Gasteiger charge is 2.24. The normalized spacial score (nSPS) is 21.2. The minimum absolute atomic E-state index is 0.0914. The summed E-state index contributed by atoms with van der Waals surface area (Å²) in [6, 6.07) is 5.64. The van der Waals surface area contributed by atoms with Crippen LogP contribution in [0.4, 0.5) is 4.39 Å². The number of hydrogen-bond donors (Lipinski definition) is 1. The summed E-state index contributed by atoms with van der Waals surface area (Å²) in [5, 5.41) is 3.33. The van der Waals surface area contributed by atoms with E-state index in [9.17, 15) is 14.0 Å². The van der Waals surface area contributed by atoms with Crippen molar-refractivity contribution in [2.24, 2.45) is 5.92 Å². The molecule has 5 nitrogen and oxygen atoms in total. The number of carbonyl (C=O) groups is 2. The molecule has 2 heterocycles. The summed E-state index contributed by atoms with van der Waals surface area (Å²) in [5.41, 5.74) is 0.495. The summed E-state index contributed by atoms with van der Waals surface area (Å²) in [7, 11) is 0. The van der Waals surface area contributed by atoms with Crippen molar-refractivity contribution in [1.82, 2.24) is 15.1 Å². The summed E-state index contributed by atoms with van der Waals surface area (Å²) >= 11 is 0. The first-order chi connectivity index (χ1) is 12.1. The molecule has 1 atom stereocenters. The quantitative estimate of drug-likeness (QED) is 0.905. The highest BCUT2D eigenvalue weighted by atomic mass is 19.1. The zero-order valence-corrected chi connectivity index (χ0v) is 14.5. The summed E-state index contributed by atoms with van der Waals surface area (Å²) in [5.74, 6) is 0.378. The molecule has 0 saturated carbocycles. The lowest BCUT2D eigenvalue weighted by Crippen LogP contribution is -2.37. The molecule has 0 radical (unpaired) electrons. The van der Waals surface area contributed by atoms with Gasteiger partial charge < -0.3 is 15.1 Å². The molecule has 0 aliphatic carbocycles. The van der Waals surface area contributed by atoms with E-state index in [1.807, 2.05) is 4.90 Å². The van der Waals surface area contributed by atoms with E-state index >= 15 is 0 Å². The van der Waals surface area contributed by atoms with Crippen molar-refractivity contribution in [3.8, 4) is 0 Å². The van der Waals surface area contributed by atoms with Gasteiger partial charge in [0.15, 0.2) is 0 Å². The van der Waals surface area contributed by atoms with E-state index < -0.39 is 0 Å². The molecule has 1 aromatic carbocycles. The topological polar surface area (TPSA) is 52.7 Å². The van der Waals surface area contributed by atoms with Gasteiger partial charge in [-0.3, -0.25) is 9.59 Å². The zero-order valence-electron chi connectivity index (χ0n) is 14.5. The molecular weight excluding hydrogens is 321 g/mol. The third-order valence-electron chi connectivity index (χ3n) is 5.16. The molecule has 0 spiro atoms. The molecule has 3 rings (SSSR count). The molecule has 2 aliphatic rings. The second kappa shape index (κ2) is 8.43. The van der Waals surface area contributed by atoms with Gasteiger partial charge in [0, 0.05) is 38.2 Å². The number of rotatable bonds is 4. The van der Waals surface area contributed by atoms with Crippen molar-refractivity contribution in [3.05, 3.63) is 35.6 Å². The molecule has 2 saturated heterocycles. The lowest BCUT2D eigenvalue weighted by molar-refractivity contribution is -0.131. The minimum Gasteiger partial charge on any atom is -0.341 e. The Bertz CT molecular complexity index is 599. The van der Waals surface area contributed by atoms with E-state index in [1.165, 1.54) is 24.3 Å². The maximum absolute atomic E-state index is 13.0. The summed E-state index contributed by atoms with van der Waals surface area (Å²) in [6.45, 7) is 4.53. The largest absolute Gasteiger partial charge is 0.341 e. The van der Waals surface area contributed by atoms with Gasteiger partial charge in [0.25, 0.3) is 5.91 Å². The van der Waals surface area contributed by atoms with Crippen LogP contribution in [0.3, 0.4) is 0 Å². The predicted molar refractivity (Wildman–Crippen MR) is 93.7 cm³/mol. The lowest BCUT2D eigenvalue weighted by Gasteiger charge is -2.22. The van der Waals surface area contributed by atoms with Crippen LogP contribution in [-0.2, 0) is 4.79 Å². The first-order valence-corrected chi connectivity index (χ1v) is 9.17. The number of nitrogens with one attached hydrogen (secondary N) is 1. The number of benzene rings is 1. The molecule has 6 heteroatoms. The predicted octanol–water partition coefficient (Wildman–Crippen LogP) is 1.89. The van der Waals surface area contributed by atoms with Crippen LogP contribution < -0.4 is 5.32 Å². The number of amides is 2. The fourth-order valence-electron chi connectivity index (χ4n) is 3.59. The Kier molecular flexibility index (Phi) is 6.02. The van der Waals surface area contributed by atoms with E-state index in [-0.39, 0.29) is 17.6 Å². The third-order valence-corrected chi connectivity index (χ3v) is 5.16. The van der Waals surface area contributed by atoms with Crippen molar-refractivity contribution >= 4 is 11.8 Å². The summed E-state index contributed by atoms with van der Waals surface area (Å²) in [6.07, 6.45) is 3.48. The van der Waals surface area contributed by atoms with Gasteiger partial charge in [-0.25, -0.2) is 4.39 Å². The Morgan fingerprint density at radius 1 is 1.08 bits per heavy atom. The molecule has 1 N–H and O–H groups in total. The molecular formula is C19H26FN3O2. The Hall–Kier alpha value is -1.95. The molecule has 0 bridgehead atoms. The van der Waals surface area contributed by atoms with Crippen LogP contribution in [0, 0.1) is 11.7 Å². The molecule has 1 aromatic rings. The monoisotopic (exact) mass is 347 g/mol. The molecule has 2 aliphatic heterocycles. The van der Waals surface area contributed by atoms with Crippen LogP contribution in [0.1, 0.15) is 36.0 Å². The van der Waals surface area contributed by atoms with Crippen LogP contribution in [0.5, 0.6) is 0 Å². The Morgan fingerprint density at radius 2 is 1.80 bits per heavy atom. The second-order valence-electron chi connectivity index (χ2n) is 6.93.